The lowest BCUT2D eigenvalue weighted by Gasteiger charge is -2.08. The van der Waals surface area contributed by atoms with Crippen molar-refractivity contribution in [3.8, 4) is 11.3 Å². The van der Waals surface area contributed by atoms with Crippen molar-refractivity contribution >= 4 is 0 Å². The highest BCUT2D eigenvalue weighted by molar-refractivity contribution is 5.60. The van der Waals surface area contributed by atoms with E-state index in [0.717, 1.165) is 11.8 Å². The number of nitrogens with zero attached hydrogens (tertiary/aromatic N) is 2. The number of halogens is 4. The molecule has 0 fully saturated rings. The molecule has 0 spiro atoms. The van der Waals surface area contributed by atoms with Gasteiger partial charge in [0.15, 0.2) is 5.69 Å². The van der Waals surface area contributed by atoms with Crippen LogP contribution in [0, 0.1) is 5.82 Å². The summed E-state index contributed by atoms with van der Waals surface area (Å²) in [4.78, 5) is 6.91. The number of hydrogen-bond donors (Lipinski definition) is 1. The van der Waals surface area contributed by atoms with E-state index in [1.54, 1.807) is 13.1 Å². The molecule has 0 bridgehead atoms. The average Bonchev–Trinajstić information content (AvgIpc) is 2.40. The van der Waals surface area contributed by atoms with Gasteiger partial charge in [0.1, 0.15) is 5.82 Å². The second-order valence-electron chi connectivity index (χ2n) is 4.13. The topological polar surface area (TPSA) is 37.8 Å². The summed E-state index contributed by atoms with van der Waals surface area (Å²) in [5.74, 6) is -0.557. The van der Waals surface area contributed by atoms with Crippen LogP contribution in [-0.2, 0) is 12.7 Å². The predicted molar refractivity (Wildman–Crippen MR) is 65.2 cm³/mol. The van der Waals surface area contributed by atoms with E-state index in [1.807, 2.05) is 0 Å². The summed E-state index contributed by atoms with van der Waals surface area (Å²) in [6.07, 6.45) is -3.04. The van der Waals surface area contributed by atoms with E-state index in [-0.39, 0.29) is 11.3 Å². The van der Waals surface area contributed by atoms with Gasteiger partial charge in [-0.1, -0.05) is 6.07 Å². The van der Waals surface area contributed by atoms with E-state index in [4.69, 9.17) is 0 Å². The lowest BCUT2D eigenvalue weighted by molar-refractivity contribution is -0.141. The van der Waals surface area contributed by atoms with Crippen LogP contribution >= 0.6 is 0 Å². The van der Waals surface area contributed by atoms with Crippen molar-refractivity contribution in [1.29, 1.82) is 0 Å². The van der Waals surface area contributed by atoms with Crippen LogP contribution in [0.2, 0.25) is 0 Å². The molecule has 0 aliphatic rings. The first-order valence-corrected chi connectivity index (χ1v) is 5.74. The molecule has 0 saturated carbocycles. The second-order valence-corrected chi connectivity index (χ2v) is 4.13. The number of rotatable bonds is 3. The van der Waals surface area contributed by atoms with Crippen LogP contribution < -0.4 is 5.32 Å². The zero-order chi connectivity index (χ0) is 14.8. The molecule has 0 aliphatic carbocycles. The third kappa shape index (κ3) is 3.11. The van der Waals surface area contributed by atoms with Crippen molar-refractivity contribution in [2.75, 3.05) is 7.05 Å². The fourth-order valence-corrected chi connectivity index (χ4v) is 1.70. The molecule has 0 unspecified atom stereocenters. The molecule has 20 heavy (non-hydrogen) atoms. The van der Waals surface area contributed by atoms with E-state index in [0.29, 0.717) is 12.7 Å². The molecule has 2 rings (SSSR count). The number of aromatic nitrogens is 2. The van der Waals surface area contributed by atoms with Gasteiger partial charge in [0.05, 0.1) is 18.1 Å². The van der Waals surface area contributed by atoms with Gasteiger partial charge in [-0.25, -0.2) is 9.37 Å². The van der Waals surface area contributed by atoms with Gasteiger partial charge in [0.2, 0.25) is 0 Å². The Morgan fingerprint density at radius 3 is 2.45 bits per heavy atom. The molecule has 2 aromatic rings. The minimum atomic E-state index is -4.56. The highest BCUT2D eigenvalue weighted by Gasteiger charge is 2.32. The van der Waals surface area contributed by atoms with Crippen molar-refractivity contribution < 1.29 is 17.6 Å². The van der Waals surface area contributed by atoms with Crippen LogP contribution in [0.3, 0.4) is 0 Å². The maximum absolute atomic E-state index is 13.7. The predicted octanol–water partition coefficient (Wildman–Crippen LogP) is 3.02. The largest absolute Gasteiger partial charge is 0.434 e. The minimum absolute atomic E-state index is 0.0634. The van der Waals surface area contributed by atoms with E-state index in [1.165, 1.54) is 12.1 Å². The quantitative estimate of drug-likeness (QED) is 0.881. The molecule has 0 amide bonds. The van der Waals surface area contributed by atoms with E-state index in [9.17, 15) is 17.6 Å². The molecule has 1 aromatic carbocycles. The number of alkyl halides is 3. The number of nitrogens with one attached hydrogen (secondary N) is 1. The third-order valence-electron chi connectivity index (χ3n) is 2.63. The van der Waals surface area contributed by atoms with Gasteiger partial charge in [-0.2, -0.15) is 13.2 Å². The zero-order valence-corrected chi connectivity index (χ0v) is 10.5. The zero-order valence-electron chi connectivity index (χ0n) is 10.5. The van der Waals surface area contributed by atoms with Gasteiger partial charge in [-0.15, -0.1) is 0 Å². The molecule has 0 atom stereocenters. The van der Waals surface area contributed by atoms with Crippen molar-refractivity contribution in [1.82, 2.24) is 15.3 Å². The first-order chi connectivity index (χ1) is 9.41. The van der Waals surface area contributed by atoms with Gasteiger partial charge in [-0.05, 0) is 24.7 Å². The minimum Gasteiger partial charge on any atom is -0.316 e. The van der Waals surface area contributed by atoms with Crippen molar-refractivity contribution in [2.45, 2.75) is 12.7 Å². The van der Waals surface area contributed by atoms with Crippen LogP contribution in [0.4, 0.5) is 17.6 Å². The van der Waals surface area contributed by atoms with Gasteiger partial charge < -0.3 is 5.32 Å². The van der Waals surface area contributed by atoms with Crippen LogP contribution in [0.25, 0.3) is 11.3 Å². The smallest absolute Gasteiger partial charge is 0.316 e. The summed E-state index contributed by atoms with van der Waals surface area (Å²) < 4.78 is 50.9. The average molecular weight is 285 g/mol. The van der Waals surface area contributed by atoms with Gasteiger partial charge in [0, 0.05) is 12.1 Å². The van der Waals surface area contributed by atoms with E-state index < -0.39 is 17.7 Å². The maximum atomic E-state index is 13.7. The van der Waals surface area contributed by atoms with Crippen LogP contribution in [0.5, 0.6) is 0 Å². The molecule has 3 nitrogen and oxygen atoms in total. The second kappa shape index (κ2) is 5.54. The van der Waals surface area contributed by atoms with E-state index in [2.05, 4.69) is 15.3 Å². The normalized spacial score (nSPS) is 11.7. The molecule has 0 aliphatic heterocycles. The maximum Gasteiger partial charge on any atom is 0.434 e. The number of benzene rings is 1. The molecule has 1 aromatic heterocycles. The SMILES string of the molecule is CNCc1ccc(F)c(-c2cnc(C(F)(F)F)cn2)c1. The third-order valence-corrected chi connectivity index (χ3v) is 2.63. The summed E-state index contributed by atoms with van der Waals surface area (Å²) >= 11 is 0. The Labute approximate surface area is 112 Å². The van der Waals surface area contributed by atoms with Crippen LogP contribution in [-0.4, -0.2) is 17.0 Å². The fourth-order valence-electron chi connectivity index (χ4n) is 1.70. The molecule has 106 valence electrons. The highest BCUT2D eigenvalue weighted by atomic mass is 19.4. The van der Waals surface area contributed by atoms with E-state index >= 15 is 0 Å². The summed E-state index contributed by atoms with van der Waals surface area (Å²) in [6.45, 7) is 0.515. The first kappa shape index (κ1) is 14.4. The van der Waals surface area contributed by atoms with Crippen LogP contribution in [0.15, 0.2) is 30.6 Å². The lowest BCUT2D eigenvalue weighted by atomic mass is 10.1. The Kier molecular flexibility index (Phi) is 3.99. The Morgan fingerprint density at radius 1 is 1.15 bits per heavy atom. The van der Waals surface area contributed by atoms with Gasteiger partial charge >= 0.3 is 6.18 Å². The lowest BCUT2D eigenvalue weighted by Crippen LogP contribution is -2.09. The molecular weight excluding hydrogens is 274 g/mol. The van der Waals surface area contributed by atoms with Gasteiger partial charge in [-0.3, -0.25) is 4.98 Å². The molecule has 1 N–H and O–H groups in total. The standard InChI is InChI=1S/C13H11F4N3/c1-18-5-8-2-3-10(14)9(4-8)11-6-20-12(7-19-11)13(15,16)17/h2-4,6-7,18H,5H2,1H3. The summed E-state index contributed by atoms with van der Waals surface area (Å²) in [5.41, 5.74) is -0.119. The molecule has 0 saturated heterocycles. The fraction of sp³-hybridized carbons (Fsp3) is 0.231. The summed E-state index contributed by atoms with van der Waals surface area (Å²) in [7, 11) is 1.74. The summed E-state index contributed by atoms with van der Waals surface area (Å²) in [5, 5.41) is 2.90. The van der Waals surface area contributed by atoms with Crippen molar-refractivity contribution in [3.05, 3.63) is 47.7 Å². The summed E-state index contributed by atoms with van der Waals surface area (Å²) in [6, 6.07) is 4.37. The van der Waals surface area contributed by atoms with Crippen LogP contribution in [0.1, 0.15) is 11.3 Å². The molecule has 7 heteroatoms. The Morgan fingerprint density at radius 2 is 1.90 bits per heavy atom. The Bertz CT molecular complexity index is 594. The highest BCUT2D eigenvalue weighted by Crippen LogP contribution is 2.28. The van der Waals surface area contributed by atoms with Gasteiger partial charge in [0.25, 0.3) is 0 Å². The Hall–Kier alpha value is -2.02. The van der Waals surface area contributed by atoms with Crippen molar-refractivity contribution in [2.24, 2.45) is 0 Å². The Balaban J connectivity index is 2.38. The molecular formula is C13H11F4N3. The first-order valence-electron chi connectivity index (χ1n) is 5.74. The molecule has 1 heterocycles. The van der Waals surface area contributed by atoms with Crippen molar-refractivity contribution in [3.63, 3.8) is 0 Å². The molecule has 0 radical (unpaired) electrons. The monoisotopic (exact) mass is 285 g/mol. The number of hydrogen-bond acceptors (Lipinski definition) is 3.